The van der Waals surface area contributed by atoms with Crippen molar-refractivity contribution in [2.24, 2.45) is 5.73 Å². The predicted octanol–water partition coefficient (Wildman–Crippen LogP) is 3.66. The molecule has 0 saturated carbocycles. The molecule has 108 valence electrons. The van der Waals surface area contributed by atoms with Gasteiger partial charge < -0.3 is 10.5 Å². The minimum atomic E-state index is 0.427. The van der Waals surface area contributed by atoms with E-state index in [-0.39, 0.29) is 0 Å². The van der Waals surface area contributed by atoms with Gasteiger partial charge in [-0.3, -0.25) is 0 Å². The van der Waals surface area contributed by atoms with Gasteiger partial charge in [0.05, 0.1) is 17.3 Å². The monoisotopic (exact) mass is 290 g/mol. The number of para-hydroxylation sites is 1. The van der Waals surface area contributed by atoms with Gasteiger partial charge >= 0.3 is 0 Å². The van der Waals surface area contributed by atoms with Crippen molar-refractivity contribution in [1.29, 1.82) is 0 Å². The van der Waals surface area contributed by atoms with Crippen LogP contribution in [0.2, 0.25) is 0 Å². The lowest BCUT2D eigenvalue weighted by Gasteiger charge is -2.07. The van der Waals surface area contributed by atoms with Crippen LogP contribution in [-0.4, -0.2) is 11.6 Å². The SMILES string of the molecule is Cc1ccccc1OCCc1nc(C(C)C)c(CN)s1. The number of aromatic nitrogens is 1. The number of nitrogens with zero attached hydrogens (tertiary/aromatic N) is 1. The fourth-order valence-corrected chi connectivity index (χ4v) is 3.17. The van der Waals surface area contributed by atoms with Gasteiger partial charge in [0.1, 0.15) is 5.75 Å². The molecule has 0 aliphatic heterocycles. The third kappa shape index (κ3) is 3.58. The van der Waals surface area contributed by atoms with Gasteiger partial charge in [-0.25, -0.2) is 4.98 Å². The van der Waals surface area contributed by atoms with Gasteiger partial charge in [0.2, 0.25) is 0 Å². The van der Waals surface area contributed by atoms with Gasteiger partial charge in [0, 0.05) is 17.8 Å². The highest BCUT2D eigenvalue weighted by Gasteiger charge is 2.13. The lowest BCUT2D eigenvalue weighted by molar-refractivity contribution is 0.319. The van der Waals surface area contributed by atoms with Gasteiger partial charge in [-0.05, 0) is 24.5 Å². The van der Waals surface area contributed by atoms with E-state index < -0.39 is 0 Å². The number of thiazole rings is 1. The Morgan fingerprint density at radius 2 is 2.05 bits per heavy atom. The summed E-state index contributed by atoms with van der Waals surface area (Å²) in [5, 5.41) is 1.11. The summed E-state index contributed by atoms with van der Waals surface area (Å²) in [6.07, 6.45) is 0.832. The molecule has 2 N–H and O–H groups in total. The summed E-state index contributed by atoms with van der Waals surface area (Å²) in [6.45, 7) is 7.59. The van der Waals surface area contributed by atoms with E-state index in [0.717, 1.165) is 28.4 Å². The Kier molecular flexibility index (Phi) is 5.15. The fraction of sp³-hybridized carbons (Fsp3) is 0.438. The maximum atomic E-state index is 5.82. The summed E-state index contributed by atoms with van der Waals surface area (Å²) in [5.74, 6) is 1.38. The lowest BCUT2D eigenvalue weighted by Crippen LogP contribution is -2.02. The fourth-order valence-electron chi connectivity index (χ4n) is 2.08. The van der Waals surface area contributed by atoms with E-state index in [2.05, 4.69) is 26.8 Å². The van der Waals surface area contributed by atoms with Gasteiger partial charge in [0.25, 0.3) is 0 Å². The molecular weight excluding hydrogens is 268 g/mol. The number of ether oxygens (including phenoxy) is 1. The normalized spacial score (nSPS) is 11.1. The van der Waals surface area contributed by atoms with E-state index >= 15 is 0 Å². The van der Waals surface area contributed by atoms with Crippen LogP contribution in [0, 0.1) is 6.92 Å². The maximum Gasteiger partial charge on any atom is 0.122 e. The molecule has 3 nitrogen and oxygen atoms in total. The van der Waals surface area contributed by atoms with Crippen molar-refractivity contribution < 1.29 is 4.74 Å². The number of nitrogens with two attached hydrogens (primary N) is 1. The zero-order valence-electron chi connectivity index (χ0n) is 12.3. The second kappa shape index (κ2) is 6.86. The molecule has 1 aromatic carbocycles. The Bertz CT molecular complexity index is 563. The molecule has 0 amide bonds. The van der Waals surface area contributed by atoms with Crippen LogP contribution in [0.1, 0.15) is 40.9 Å². The van der Waals surface area contributed by atoms with Crippen molar-refractivity contribution in [3.05, 3.63) is 45.4 Å². The van der Waals surface area contributed by atoms with Crippen LogP contribution in [0.4, 0.5) is 0 Å². The van der Waals surface area contributed by atoms with Crippen molar-refractivity contribution in [3.8, 4) is 5.75 Å². The molecule has 0 aliphatic carbocycles. The minimum Gasteiger partial charge on any atom is -0.493 e. The Morgan fingerprint density at radius 3 is 2.65 bits per heavy atom. The standard InChI is InChI=1S/C16H22N2OS/c1-11(2)16-14(10-17)20-15(18-16)8-9-19-13-7-5-4-6-12(13)3/h4-7,11H,8-10,17H2,1-3H3. The Balaban J connectivity index is 1.96. The Hall–Kier alpha value is -1.39. The van der Waals surface area contributed by atoms with E-state index in [9.17, 15) is 0 Å². The average Bonchev–Trinajstić information content (AvgIpc) is 2.84. The third-order valence-electron chi connectivity index (χ3n) is 3.17. The van der Waals surface area contributed by atoms with E-state index in [4.69, 9.17) is 15.5 Å². The molecule has 0 radical (unpaired) electrons. The quantitative estimate of drug-likeness (QED) is 0.883. The van der Waals surface area contributed by atoms with Gasteiger partial charge in [-0.15, -0.1) is 11.3 Å². The van der Waals surface area contributed by atoms with Crippen LogP contribution in [0.5, 0.6) is 5.75 Å². The Labute approximate surface area is 124 Å². The summed E-state index contributed by atoms with van der Waals surface area (Å²) < 4.78 is 5.82. The van der Waals surface area contributed by atoms with E-state index in [1.54, 1.807) is 11.3 Å². The van der Waals surface area contributed by atoms with Crippen LogP contribution in [0.3, 0.4) is 0 Å². The second-order valence-corrected chi connectivity index (χ2v) is 6.31. The Morgan fingerprint density at radius 1 is 1.30 bits per heavy atom. The molecule has 4 heteroatoms. The van der Waals surface area contributed by atoms with Crippen molar-refractivity contribution in [2.45, 2.75) is 39.7 Å². The van der Waals surface area contributed by atoms with Crippen LogP contribution in [0.25, 0.3) is 0 Å². The molecule has 1 heterocycles. The van der Waals surface area contributed by atoms with Gasteiger partial charge in [0.15, 0.2) is 0 Å². The summed E-state index contributed by atoms with van der Waals surface area (Å²) in [4.78, 5) is 5.89. The number of aryl methyl sites for hydroxylation is 1. The molecule has 0 spiro atoms. The molecule has 2 rings (SSSR count). The van der Waals surface area contributed by atoms with Gasteiger partial charge in [-0.1, -0.05) is 32.0 Å². The highest BCUT2D eigenvalue weighted by Crippen LogP contribution is 2.25. The number of benzene rings is 1. The zero-order chi connectivity index (χ0) is 14.5. The van der Waals surface area contributed by atoms with Crippen LogP contribution < -0.4 is 10.5 Å². The van der Waals surface area contributed by atoms with Gasteiger partial charge in [-0.2, -0.15) is 0 Å². The first-order chi connectivity index (χ1) is 9.61. The smallest absolute Gasteiger partial charge is 0.122 e. The molecule has 0 unspecified atom stereocenters. The summed E-state index contributed by atoms with van der Waals surface area (Å²) in [6, 6.07) is 8.07. The highest BCUT2D eigenvalue weighted by atomic mass is 32.1. The second-order valence-electron chi connectivity index (χ2n) is 5.14. The number of hydrogen-bond acceptors (Lipinski definition) is 4. The topological polar surface area (TPSA) is 48.1 Å². The number of rotatable bonds is 6. The van der Waals surface area contributed by atoms with E-state index in [0.29, 0.717) is 19.1 Å². The lowest BCUT2D eigenvalue weighted by atomic mass is 10.1. The van der Waals surface area contributed by atoms with E-state index in [1.807, 2.05) is 18.2 Å². The van der Waals surface area contributed by atoms with Crippen LogP contribution >= 0.6 is 11.3 Å². The summed E-state index contributed by atoms with van der Waals surface area (Å²) in [5.41, 5.74) is 8.09. The molecule has 0 saturated heterocycles. The molecular formula is C16H22N2OS. The van der Waals surface area contributed by atoms with Crippen LogP contribution in [0.15, 0.2) is 24.3 Å². The van der Waals surface area contributed by atoms with Crippen molar-refractivity contribution in [1.82, 2.24) is 4.98 Å². The molecule has 0 bridgehead atoms. The molecule has 0 atom stereocenters. The summed E-state index contributed by atoms with van der Waals surface area (Å²) in [7, 11) is 0. The minimum absolute atomic E-state index is 0.427. The highest BCUT2D eigenvalue weighted by molar-refractivity contribution is 7.11. The van der Waals surface area contributed by atoms with Crippen molar-refractivity contribution in [2.75, 3.05) is 6.61 Å². The van der Waals surface area contributed by atoms with E-state index in [1.165, 1.54) is 4.88 Å². The predicted molar refractivity (Wildman–Crippen MR) is 84.5 cm³/mol. The molecule has 20 heavy (non-hydrogen) atoms. The first-order valence-corrected chi connectivity index (χ1v) is 7.80. The van der Waals surface area contributed by atoms with Crippen molar-refractivity contribution in [3.63, 3.8) is 0 Å². The zero-order valence-corrected chi connectivity index (χ0v) is 13.2. The first kappa shape index (κ1) is 15.0. The largest absolute Gasteiger partial charge is 0.493 e. The first-order valence-electron chi connectivity index (χ1n) is 6.98. The van der Waals surface area contributed by atoms with Crippen molar-refractivity contribution >= 4 is 11.3 Å². The maximum absolute atomic E-state index is 5.82. The average molecular weight is 290 g/mol. The molecule has 0 aliphatic rings. The molecule has 0 fully saturated rings. The third-order valence-corrected chi connectivity index (χ3v) is 4.32. The molecule has 2 aromatic rings. The molecule has 1 aromatic heterocycles. The number of hydrogen-bond donors (Lipinski definition) is 1. The van der Waals surface area contributed by atoms with Crippen LogP contribution in [-0.2, 0) is 13.0 Å². The summed E-state index contributed by atoms with van der Waals surface area (Å²) >= 11 is 1.71.